The van der Waals surface area contributed by atoms with E-state index in [0.717, 1.165) is 0 Å². The van der Waals surface area contributed by atoms with Crippen LogP contribution >= 0.6 is 0 Å². The molecule has 0 aliphatic rings. The van der Waals surface area contributed by atoms with Crippen molar-refractivity contribution in [1.29, 1.82) is 5.26 Å². The normalized spacial score (nSPS) is 11.7. The topological polar surface area (TPSA) is 79.5 Å². The van der Waals surface area contributed by atoms with Gasteiger partial charge in [-0.1, -0.05) is 35.5 Å². The summed E-state index contributed by atoms with van der Waals surface area (Å²) < 4.78 is 28.5. The first-order chi connectivity index (χ1) is 10.0. The molecule has 106 valence electrons. The molecule has 5 nitrogen and oxygen atoms in total. The molecular formula is C15H12N2O3S. The maximum absolute atomic E-state index is 11.9. The zero-order valence-corrected chi connectivity index (χ0v) is 12.0. The summed E-state index contributed by atoms with van der Waals surface area (Å²) >= 11 is 0. The monoisotopic (exact) mass is 300 g/mol. The van der Waals surface area contributed by atoms with Crippen LogP contribution in [0.4, 0.5) is 0 Å². The maximum Gasteiger partial charge on any atom is 0.358 e. The van der Waals surface area contributed by atoms with E-state index in [1.807, 2.05) is 6.07 Å². The largest absolute Gasteiger partial charge is 0.358 e. The Kier molecular flexibility index (Phi) is 4.36. The van der Waals surface area contributed by atoms with Gasteiger partial charge < -0.3 is 0 Å². The molecule has 2 rings (SSSR count). The molecule has 21 heavy (non-hydrogen) atoms. The Labute approximate surface area is 123 Å². The number of rotatable bonds is 4. The third-order valence-electron chi connectivity index (χ3n) is 2.74. The number of oxime groups is 1. The highest BCUT2D eigenvalue weighted by molar-refractivity contribution is 7.86. The second-order valence-electron chi connectivity index (χ2n) is 4.21. The molecule has 0 saturated carbocycles. The molecule has 0 N–H and O–H groups in total. The molecule has 0 unspecified atom stereocenters. The van der Waals surface area contributed by atoms with Crippen LogP contribution in [0.25, 0.3) is 0 Å². The summed E-state index contributed by atoms with van der Waals surface area (Å²) in [7, 11) is -3.92. The molecule has 0 heterocycles. The predicted molar refractivity (Wildman–Crippen MR) is 78.1 cm³/mol. The molecule has 0 aromatic heterocycles. The van der Waals surface area contributed by atoms with Gasteiger partial charge in [-0.2, -0.15) is 13.7 Å². The molecule has 6 heteroatoms. The number of hydrogen-bond acceptors (Lipinski definition) is 5. The van der Waals surface area contributed by atoms with E-state index in [4.69, 9.17) is 5.26 Å². The quantitative estimate of drug-likeness (QED) is 0.642. The minimum absolute atomic E-state index is 0.0429. The van der Waals surface area contributed by atoms with E-state index in [1.165, 1.54) is 12.1 Å². The van der Waals surface area contributed by atoms with Gasteiger partial charge in [0.05, 0.1) is 17.3 Å². The van der Waals surface area contributed by atoms with Crippen LogP contribution in [0.1, 0.15) is 18.1 Å². The molecule has 0 aliphatic carbocycles. The zero-order valence-electron chi connectivity index (χ0n) is 11.2. The first kappa shape index (κ1) is 14.8. The van der Waals surface area contributed by atoms with Crippen LogP contribution in [-0.2, 0) is 14.4 Å². The summed E-state index contributed by atoms with van der Waals surface area (Å²) in [6.07, 6.45) is 0. The minimum atomic E-state index is -3.92. The SMILES string of the molecule is CC(=NOS(=O)(=O)c1ccccc1)c1ccc(C#N)cc1. The smallest absolute Gasteiger partial charge is 0.265 e. The molecule has 0 amide bonds. The van der Waals surface area contributed by atoms with Gasteiger partial charge in [0.2, 0.25) is 0 Å². The fourth-order valence-electron chi connectivity index (χ4n) is 1.57. The number of benzene rings is 2. The molecule has 0 aliphatic heterocycles. The lowest BCUT2D eigenvalue weighted by atomic mass is 10.1. The first-order valence-corrected chi connectivity index (χ1v) is 7.47. The molecular weight excluding hydrogens is 288 g/mol. The van der Waals surface area contributed by atoms with Gasteiger partial charge >= 0.3 is 10.1 Å². The fourth-order valence-corrected chi connectivity index (χ4v) is 2.36. The molecule has 0 radical (unpaired) electrons. The van der Waals surface area contributed by atoms with E-state index >= 15 is 0 Å². The van der Waals surface area contributed by atoms with Gasteiger partial charge in [-0.25, -0.2) is 0 Å². The Morgan fingerprint density at radius 1 is 1.10 bits per heavy atom. The van der Waals surface area contributed by atoms with E-state index in [0.29, 0.717) is 16.8 Å². The predicted octanol–water partition coefficient (Wildman–Crippen LogP) is 2.69. The number of nitriles is 1. The van der Waals surface area contributed by atoms with Crippen molar-refractivity contribution in [2.45, 2.75) is 11.8 Å². The summed E-state index contributed by atoms with van der Waals surface area (Å²) in [5, 5.41) is 12.4. The van der Waals surface area contributed by atoms with E-state index in [2.05, 4.69) is 9.44 Å². The molecule has 0 bridgehead atoms. The molecule has 0 atom stereocenters. The first-order valence-electron chi connectivity index (χ1n) is 6.07. The van der Waals surface area contributed by atoms with E-state index in [-0.39, 0.29) is 4.90 Å². The molecule has 0 saturated heterocycles. The Hall–Kier alpha value is -2.65. The van der Waals surface area contributed by atoms with Crippen molar-refractivity contribution in [3.63, 3.8) is 0 Å². The number of hydrogen-bond donors (Lipinski definition) is 0. The highest BCUT2D eigenvalue weighted by Gasteiger charge is 2.15. The average molecular weight is 300 g/mol. The molecule has 0 fully saturated rings. The van der Waals surface area contributed by atoms with Crippen molar-refractivity contribution < 1.29 is 12.7 Å². The van der Waals surface area contributed by atoms with Crippen molar-refractivity contribution in [2.75, 3.05) is 0 Å². The summed E-state index contributed by atoms with van der Waals surface area (Å²) in [6.45, 7) is 1.63. The molecule has 2 aromatic carbocycles. The highest BCUT2D eigenvalue weighted by atomic mass is 32.2. The zero-order chi connectivity index (χ0) is 15.3. The molecule has 2 aromatic rings. The van der Waals surface area contributed by atoms with Gasteiger partial charge in [0, 0.05) is 0 Å². The van der Waals surface area contributed by atoms with Crippen LogP contribution in [0.15, 0.2) is 64.6 Å². The van der Waals surface area contributed by atoms with E-state index in [9.17, 15) is 8.42 Å². The van der Waals surface area contributed by atoms with Gasteiger partial charge in [-0.05, 0) is 36.8 Å². The third kappa shape index (κ3) is 3.68. The minimum Gasteiger partial charge on any atom is -0.265 e. The standard InChI is InChI=1S/C15H12N2O3S/c1-12(14-9-7-13(11-16)8-10-14)17-20-21(18,19)15-5-3-2-4-6-15/h2-10H,1H3. The third-order valence-corrected chi connectivity index (χ3v) is 3.86. The van der Waals surface area contributed by atoms with E-state index < -0.39 is 10.1 Å². The second kappa shape index (κ2) is 6.20. The van der Waals surface area contributed by atoms with Crippen LogP contribution in [0, 0.1) is 11.3 Å². The van der Waals surface area contributed by atoms with E-state index in [1.54, 1.807) is 49.4 Å². The highest BCUT2D eigenvalue weighted by Crippen LogP contribution is 2.12. The van der Waals surface area contributed by atoms with Gasteiger partial charge in [-0.15, -0.1) is 0 Å². The second-order valence-corrected chi connectivity index (χ2v) is 5.74. The van der Waals surface area contributed by atoms with Gasteiger partial charge in [0.25, 0.3) is 0 Å². The van der Waals surface area contributed by atoms with Gasteiger partial charge in [-0.3, -0.25) is 4.28 Å². The fraction of sp³-hybridized carbons (Fsp3) is 0.0667. The van der Waals surface area contributed by atoms with Gasteiger partial charge in [0.1, 0.15) is 4.90 Å². The average Bonchev–Trinajstić information content (AvgIpc) is 2.53. The van der Waals surface area contributed by atoms with Crippen LogP contribution in [0.3, 0.4) is 0 Å². The Morgan fingerprint density at radius 3 is 2.29 bits per heavy atom. The lowest BCUT2D eigenvalue weighted by Gasteiger charge is -2.03. The van der Waals surface area contributed by atoms with Crippen LogP contribution in [-0.4, -0.2) is 14.1 Å². The molecule has 0 spiro atoms. The van der Waals surface area contributed by atoms with Crippen molar-refractivity contribution in [2.24, 2.45) is 5.16 Å². The summed E-state index contributed by atoms with van der Waals surface area (Å²) in [6, 6.07) is 16.4. The summed E-state index contributed by atoms with van der Waals surface area (Å²) in [5.74, 6) is 0. The number of nitrogens with zero attached hydrogens (tertiary/aromatic N) is 2. The lowest BCUT2D eigenvalue weighted by Crippen LogP contribution is -2.05. The lowest BCUT2D eigenvalue weighted by molar-refractivity contribution is 0.339. The van der Waals surface area contributed by atoms with Crippen molar-refractivity contribution in [1.82, 2.24) is 0 Å². The van der Waals surface area contributed by atoms with Crippen LogP contribution in [0.2, 0.25) is 0 Å². The van der Waals surface area contributed by atoms with Gasteiger partial charge in [0.15, 0.2) is 0 Å². The van der Waals surface area contributed by atoms with Crippen molar-refractivity contribution >= 4 is 15.8 Å². The maximum atomic E-state index is 11.9. The Balaban J connectivity index is 2.18. The van der Waals surface area contributed by atoms with Crippen LogP contribution < -0.4 is 0 Å². The Morgan fingerprint density at radius 2 is 1.71 bits per heavy atom. The summed E-state index contributed by atoms with van der Waals surface area (Å²) in [4.78, 5) is 0.0429. The van der Waals surface area contributed by atoms with Crippen LogP contribution in [0.5, 0.6) is 0 Å². The van der Waals surface area contributed by atoms with Crippen molar-refractivity contribution in [3.8, 4) is 6.07 Å². The van der Waals surface area contributed by atoms with Crippen molar-refractivity contribution in [3.05, 3.63) is 65.7 Å². The Bertz CT molecular complexity index is 789. The summed E-state index contributed by atoms with van der Waals surface area (Å²) in [5.41, 5.74) is 1.60.